The second kappa shape index (κ2) is 8.36. The van der Waals surface area contributed by atoms with Crippen LogP contribution >= 0.6 is 0 Å². The van der Waals surface area contributed by atoms with E-state index in [0.717, 1.165) is 53.1 Å². The summed E-state index contributed by atoms with van der Waals surface area (Å²) in [6, 6.07) is 19.4. The first-order chi connectivity index (χ1) is 15.9. The van der Waals surface area contributed by atoms with Gasteiger partial charge in [-0.2, -0.15) is 0 Å². The van der Waals surface area contributed by atoms with Gasteiger partial charge in [0.1, 0.15) is 11.5 Å². The van der Waals surface area contributed by atoms with Crippen molar-refractivity contribution in [1.82, 2.24) is 24.5 Å². The first kappa shape index (κ1) is 19.4. The monoisotopic (exact) mass is 424 g/mol. The molecule has 6 nitrogen and oxygen atoms in total. The topological polar surface area (TPSA) is 49.6 Å². The first-order valence-corrected chi connectivity index (χ1v) is 11.7. The molecule has 2 fully saturated rings. The van der Waals surface area contributed by atoms with E-state index in [9.17, 15) is 0 Å². The molecule has 6 heteroatoms. The normalized spacial score (nSPS) is 17.9. The summed E-state index contributed by atoms with van der Waals surface area (Å²) in [7, 11) is 0. The lowest BCUT2D eigenvalue weighted by Crippen LogP contribution is -2.44. The van der Waals surface area contributed by atoms with Gasteiger partial charge in [-0.1, -0.05) is 30.3 Å². The molecule has 3 aromatic heterocycles. The van der Waals surface area contributed by atoms with Crippen LogP contribution in [0.2, 0.25) is 0 Å². The van der Waals surface area contributed by atoms with Crippen LogP contribution in [0.3, 0.4) is 0 Å². The zero-order valence-corrected chi connectivity index (χ0v) is 18.3. The van der Waals surface area contributed by atoms with Crippen LogP contribution in [0.15, 0.2) is 67.0 Å². The summed E-state index contributed by atoms with van der Waals surface area (Å²) in [6.07, 6.45) is 8.82. The highest BCUT2D eigenvalue weighted by Gasteiger charge is 2.27. The summed E-state index contributed by atoms with van der Waals surface area (Å²) in [5.74, 6) is 1.03. The van der Waals surface area contributed by atoms with Crippen molar-refractivity contribution < 1.29 is 0 Å². The van der Waals surface area contributed by atoms with Gasteiger partial charge in [-0.25, -0.2) is 9.50 Å². The number of piperidine rings is 1. The van der Waals surface area contributed by atoms with Crippen LogP contribution in [0, 0.1) is 0 Å². The van der Waals surface area contributed by atoms with Crippen molar-refractivity contribution in [2.45, 2.75) is 31.7 Å². The molecule has 2 aliphatic rings. The molecule has 6 rings (SSSR count). The number of pyridine rings is 1. The molecule has 0 saturated carbocycles. The van der Waals surface area contributed by atoms with E-state index in [4.69, 9.17) is 10.1 Å². The maximum absolute atomic E-state index is 5.09. The highest BCUT2D eigenvalue weighted by molar-refractivity contribution is 5.81. The van der Waals surface area contributed by atoms with Crippen molar-refractivity contribution in [3.8, 4) is 22.5 Å². The van der Waals surface area contributed by atoms with E-state index in [1.165, 1.54) is 38.8 Å². The van der Waals surface area contributed by atoms with Crippen LogP contribution in [-0.2, 0) is 0 Å². The average molecular weight is 425 g/mol. The molecule has 0 atom stereocenters. The highest BCUT2D eigenvalue weighted by atomic mass is 15.3. The predicted molar refractivity (Wildman–Crippen MR) is 128 cm³/mol. The van der Waals surface area contributed by atoms with E-state index in [0.29, 0.717) is 0 Å². The Morgan fingerprint density at radius 1 is 0.750 bits per heavy atom. The number of fused-ring (bicyclic) bond motifs is 1. The van der Waals surface area contributed by atoms with Crippen LogP contribution in [0.5, 0.6) is 0 Å². The minimum Gasteiger partial charge on any atom is -0.355 e. The third kappa shape index (κ3) is 3.54. The van der Waals surface area contributed by atoms with Crippen LogP contribution < -0.4 is 4.90 Å². The summed E-state index contributed by atoms with van der Waals surface area (Å²) in [5.41, 5.74) is 5.00. The van der Waals surface area contributed by atoms with E-state index in [2.05, 4.69) is 51.2 Å². The number of benzene rings is 1. The fourth-order valence-electron chi connectivity index (χ4n) is 5.23. The molecule has 162 valence electrons. The molecule has 5 heterocycles. The summed E-state index contributed by atoms with van der Waals surface area (Å²) >= 11 is 0. The Kier molecular flexibility index (Phi) is 5.07. The molecule has 1 aromatic carbocycles. The average Bonchev–Trinajstić information content (AvgIpc) is 3.53. The van der Waals surface area contributed by atoms with Gasteiger partial charge in [-0.15, -0.1) is 5.10 Å². The van der Waals surface area contributed by atoms with Crippen molar-refractivity contribution in [3.05, 3.63) is 67.0 Å². The van der Waals surface area contributed by atoms with Gasteiger partial charge in [-0.3, -0.25) is 4.98 Å². The smallest absolute Gasteiger partial charge is 0.155 e. The molecule has 0 spiro atoms. The van der Waals surface area contributed by atoms with Crippen LogP contribution in [0.25, 0.3) is 28.2 Å². The Morgan fingerprint density at radius 2 is 1.50 bits per heavy atom. The minimum absolute atomic E-state index is 0.739. The molecule has 0 radical (unpaired) electrons. The number of nitrogens with zero attached hydrogens (tertiary/aromatic N) is 6. The summed E-state index contributed by atoms with van der Waals surface area (Å²) in [6.45, 7) is 4.68. The molecule has 0 bridgehead atoms. The molecule has 0 N–H and O–H groups in total. The maximum atomic E-state index is 5.09. The molecule has 0 amide bonds. The molecule has 2 saturated heterocycles. The Morgan fingerprint density at radius 3 is 2.25 bits per heavy atom. The van der Waals surface area contributed by atoms with Gasteiger partial charge in [-0.05, 0) is 63.0 Å². The number of rotatable bonds is 4. The Labute approximate surface area is 188 Å². The number of hydrogen-bond donors (Lipinski definition) is 0. The van der Waals surface area contributed by atoms with E-state index in [1.807, 2.05) is 35.1 Å². The molecular formula is C26H28N6. The molecule has 2 aliphatic heterocycles. The van der Waals surface area contributed by atoms with Gasteiger partial charge in [0.2, 0.25) is 0 Å². The van der Waals surface area contributed by atoms with Gasteiger partial charge in [0.15, 0.2) is 5.65 Å². The van der Waals surface area contributed by atoms with Gasteiger partial charge < -0.3 is 9.80 Å². The number of likely N-dealkylation sites (tertiary alicyclic amines) is 1. The third-order valence-corrected chi connectivity index (χ3v) is 6.91. The van der Waals surface area contributed by atoms with Crippen LogP contribution in [-0.4, -0.2) is 56.7 Å². The number of aromatic nitrogens is 4. The van der Waals surface area contributed by atoms with Crippen molar-refractivity contribution in [1.29, 1.82) is 0 Å². The van der Waals surface area contributed by atoms with Gasteiger partial charge in [0.25, 0.3) is 0 Å². The Hall–Kier alpha value is -3.25. The lowest BCUT2D eigenvalue weighted by atomic mass is 10.0. The van der Waals surface area contributed by atoms with Gasteiger partial charge >= 0.3 is 0 Å². The minimum atomic E-state index is 0.739. The fraction of sp³-hybridized carbons (Fsp3) is 0.346. The summed E-state index contributed by atoms with van der Waals surface area (Å²) < 4.78 is 2.01. The largest absolute Gasteiger partial charge is 0.355 e. The Balaban J connectivity index is 1.37. The summed E-state index contributed by atoms with van der Waals surface area (Å²) in [5, 5.41) is 5.09. The van der Waals surface area contributed by atoms with Gasteiger partial charge in [0.05, 0.1) is 5.69 Å². The second-order valence-electron chi connectivity index (χ2n) is 8.83. The number of anilines is 1. The lowest BCUT2D eigenvalue weighted by Gasteiger charge is -2.37. The van der Waals surface area contributed by atoms with Crippen LogP contribution in [0.1, 0.15) is 25.7 Å². The quantitative estimate of drug-likeness (QED) is 0.482. The van der Waals surface area contributed by atoms with Crippen molar-refractivity contribution >= 4 is 11.5 Å². The SMILES string of the molecule is c1ccc(-c2nc3ccc(N4CCC(N5CCCC5)CC4)nn3c2-c2ccncc2)cc1. The van der Waals surface area contributed by atoms with Crippen molar-refractivity contribution in [3.63, 3.8) is 0 Å². The predicted octanol–water partition coefficient (Wildman–Crippen LogP) is 4.52. The summed E-state index contributed by atoms with van der Waals surface area (Å²) in [4.78, 5) is 14.3. The highest BCUT2D eigenvalue weighted by Crippen LogP contribution is 2.33. The van der Waals surface area contributed by atoms with Crippen molar-refractivity contribution in [2.75, 3.05) is 31.1 Å². The maximum Gasteiger partial charge on any atom is 0.155 e. The standard InChI is InChI=1S/C26H28N6/c1-2-6-20(7-3-1)25-26(21-10-14-27-15-11-21)32-23(28-25)8-9-24(29-32)31-18-12-22(13-19-31)30-16-4-5-17-30/h1-3,6-11,14-15,22H,4-5,12-13,16-19H2. The van der Waals surface area contributed by atoms with E-state index >= 15 is 0 Å². The molecule has 4 aromatic rings. The second-order valence-corrected chi connectivity index (χ2v) is 8.83. The first-order valence-electron chi connectivity index (χ1n) is 11.7. The molecular weight excluding hydrogens is 396 g/mol. The zero-order valence-electron chi connectivity index (χ0n) is 18.3. The molecule has 0 aliphatic carbocycles. The van der Waals surface area contributed by atoms with Crippen LogP contribution in [0.4, 0.5) is 5.82 Å². The third-order valence-electron chi connectivity index (χ3n) is 6.91. The molecule has 0 unspecified atom stereocenters. The van der Waals surface area contributed by atoms with E-state index in [1.54, 1.807) is 0 Å². The van der Waals surface area contributed by atoms with Gasteiger partial charge in [0, 0.05) is 42.7 Å². The lowest BCUT2D eigenvalue weighted by molar-refractivity contribution is 0.207. The van der Waals surface area contributed by atoms with E-state index in [-0.39, 0.29) is 0 Å². The number of hydrogen-bond acceptors (Lipinski definition) is 5. The Bertz CT molecular complexity index is 1190. The zero-order chi connectivity index (χ0) is 21.3. The fourth-order valence-corrected chi connectivity index (χ4v) is 5.23. The number of imidazole rings is 1. The molecule has 32 heavy (non-hydrogen) atoms. The van der Waals surface area contributed by atoms with E-state index < -0.39 is 0 Å². The van der Waals surface area contributed by atoms with Crippen molar-refractivity contribution in [2.24, 2.45) is 0 Å².